The summed E-state index contributed by atoms with van der Waals surface area (Å²) in [6, 6.07) is 18.5. The second-order valence-corrected chi connectivity index (χ2v) is 3.97. The lowest BCUT2D eigenvalue weighted by molar-refractivity contribution is 1.24. The molecule has 0 spiro atoms. The maximum absolute atomic E-state index is 4.32. The Hall–Kier alpha value is -2.22. The normalized spacial score (nSPS) is 13.8. The summed E-state index contributed by atoms with van der Waals surface area (Å²) in [5, 5.41) is 8.43. The molecule has 1 aliphatic rings. The lowest BCUT2D eigenvalue weighted by Crippen LogP contribution is -2.05. The van der Waals surface area contributed by atoms with Crippen LogP contribution in [0.5, 0.6) is 0 Å². The highest BCUT2D eigenvalue weighted by Gasteiger charge is 2.12. The van der Waals surface area contributed by atoms with Crippen molar-refractivity contribution in [3.05, 3.63) is 71.3 Å². The molecule has 0 aliphatic carbocycles. The number of hydrogen-bond donors (Lipinski definition) is 0. The van der Waals surface area contributed by atoms with E-state index in [1.165, 1.54) is 11.1 Å². The highest BCUT2D eigenvalue weighted by atomic mass is 15.2. The van der Waals surface area contributed by atoms with E-state index in [-0.39, 0.29) is 0 Å². The van der Waals surface area contributed by atoms with Crippen LogP contribution in [0, 0.1) is 0 Å². The van der Waals surface area contributed by atoms with Crippen LogP contribution in [0.15, 0.2) is 64.8 Å². The van der Waals surface area contributed by atoms with Crippen molar-refractivity contribution < 1.29 is 0 Å². The van der Waals surface area contributed by atoms with Gasteiger partial charge >= 0.3 is 0 Å². The minimum Gasteiger partial charge on any atom is -0.163 e. The van der Waals surface area contributed by atoms with Gasteiger partial charge in [0.25, 0.3) is 0 Å². The molecule has 1 heterocycles. The van der Waals surface area contributed by atoms with Crippen LogP contribution < -0.4 is 0 Å². The van der Waals surface area contributed by atoms with Gasteiger partial charge in [-0.1, -0.05) is 54.6 Å². The molecule has 2 aromatic carbocycles. The molecule has 82 valence electrons. The molecule has 3 rings (SSSR count). The van der Waals surface area contributed by atoms with Crippen molar-refractivity contribution in [1.82, 2.24) is 0 Å². The number of rotatable bonds is 1. The Balaban J connectivity index is 2.18. The van der Waals surface area contributed by atoms with Gasteiger partial charge in [-0.15, -0.1) is 0 Å². The minimum absolute atomic E-state index is 0.843. The summed E-state index contributed by atoms with van der Waals surface area (Å²) in [5.41, 5.74) is 4.52. The van der Waals surface area contributed by atoms with Crippen LogP contribution in [0.3, 0.4) is 0 Å². The first-order valence-electron chi connectivity index (χ1n) is 5.68. The second kappa shape index (κ2) is 4.34. The van der Waals surface area contributed by atoms with Crippen LogP contribution in [0.2, 0.25) is 0 Å². The number of nitrogens with zero attached hydrogens (tertiary/aromatic N) is 2. The third-order valence-electron chi connectivity index (χ3n) is 2.87. The Labute approximate surface area is 100 Å². The van der Waals surface area contributed by atoms with Crippen LogP contribution >= 0.6 is 0 Å². The second-order valence-electron chi connectivity index (χ2n) is 3.97. The van der Waals surface area contributed by atoms with Crippen molar-refractivity contribution in [2.45, 2.75) is 6.42 Å². The molecule has 0 unspecified atom stereocenters. The van der Waals surface area contributed by atoms with E-state index in [9.17, 15) is 0 Å². The molecule has 0 atom stereocenters. The highest BCUT2D eigenvalue weighted by molar-refractivity contribution is 6.14. The summed E-state index contributed by atoms with van der Waals surface area (Å²) >= 11 is 0. The van der Waals surface area contributed by atoms with Crippen molar-refractivity contribution in [1.29, 1.82) is 0 Å². The molecule has 0 aromatic heterocycles. The Morgan fingerprint density at radius 2 is 1.59 bits per heavy atom. The fourth-order valence-electron chi connectivity index (χ4n) is 2.03. The molecular weight excluding hydrogens is 208 g/mol. The third kappa shape index (κ3) is 1.89. The van der Waals surface area contributed by atoms with E-state index in [2.05, 4.69) is 40.5 Å². The molecule has 0 amide bonds. The molecule has 0 radical (unpaired) electrons. The summed E-state index contributed by atoms with van der Waals surface area (Å²) in [6.45, 7) is 0. The summed E-state index contributed by atoms with van der Waals surface area (Å²) in [5.74, 6) is 0. The molecule has 1 aliphatic heterocycles. The van der Waals surface area contributed by atoms with Gasteiger partial charge in [-0.3, -0.25) is 0 Å². The van der Waals surface area contributed by atoms with Gasteiger partial charge < -0.3 is 0 Å². The first-order chi connectivity index (χ1) is 8.45. The third-order valence-corrected chi connectivity index (χ3v) is 2.87. The van der Waals surface area contributed by atoms with Gasteiger partial charge in [0.1, 0.15) is 5.71 Å². The van der Waals surface area contributed by atoms with Crippen LogP contribution in [0.1, 0.15) is 16.7 Å². The van der Waals surface area contributed by atoms with E-state index >= 15 is 0 Å². The van der Waals surface area contributed by atoms with Crippen molar-refractivity contribution in [3.8, 4) is 0 Å². The lowest BCUT2D eigenvalue weighted by atomic mass is 9.96. The van der Waals surface area contributed by atoms with Crippen molar-refractivity contribution in [2.75, 3.05) is 0 Å². The number of benzene rings is 2. The Kier molecular flexibility index (Phi) is 2.54. The molecule has 0 bridgehead atoms. The van der Waals surface area contributed by atoms with Crippen molar-refractivity contribution >= 4 is 11.9 Å². The topological polar surface area (TPSA) is 24.7 Å². The average Bonchev–Trinajstić information content (AvgIpc) is 2.62. The van der Waals surface area contributed by atoms with E-state index in [1.54, 1.807) is 0 Å². The van der Waals surface area contributed by atoms with E-state index in [4.69, 9.17) is 0 Å². The fourth-order valence-corrected chi connectivity index (χ4v) is 2.03. The van der Waals surface area contributed by atoms with Gasteiger partial charge in [-0.2, -0.15) is 10.2 Å². The van der Waals surface area contributed by atoms with Gasteiger partial charge in [-0.05, 0) is 5.56 Å². The fraction of sp³-hybridized carbons (Fsp3) is 0.0667. The predicted octanol–water partition coefficient (Wildman–Crippen LogP) is 3.07. The summed E-state index contributed by atoms with van der Waals surface area (Å²) < 4.78 is 0. The van der Waals surface area contributed by atoms with E-state index in [0.717, 1.165) is 17.7 Å². The Morgan fingerprint density at radius 1 is 0.824 bits per heavy atom. The van der Waals surface area contributed by atoms with Crippen LogP contribution in [-0.4, -0.2) is 11.9 Å². The Morgan fingerprint density at radius 3 is 2.47 bits per heavy atom. The minimum atomic E-state index is 0.843. The van der Waals surface area contributed by atoms with Crippen molar-refractivity contribution in [3.63, 3.8) is 0 Å². The van der Waals surface area contributed by atoms with Gasteiger partial charge in [0.15, 0.2) is 0 Å². The first kappa shape index (κ1) is 9.97. The number of hydrogen-bond acceptors (Lipinski definition) is 2. The zero-order valence-corrected chi connectivity index (χ0v) is 9.38. The largest absolute Gasteiger partial charge is 0.163 e. The average molecular weight is 220 g/mol. The predicted molar refractivity (Wildman–Crippen MR) is 70.7 cm³/mol. The smallest absolute Gasteiger partial charge is 0.100 e. The highest BCUT2D eigenvalue weighted by Crippen LogP contribution is 2.17. The molecule has 0 fully saturated rings. The zero-order chi connectivity index (χ0) is 11.5. The Bertz CT molecular complexity index is 583. The molecular formula is C15H12N2. The van der Waals surface area contributed by atoms with Gasteiger partial charge in [0.2, 0.25) is 0 Å². The monoisotopic (exact) mass is 220 g/mol. The molecule has 0 N–H and O–H groups in total. The van der Waals surface area contributed by atoms with Crippen LogP contribution in [-0.2, 0) is 6.42 Å². The first-order valence-corrected chi connectivity index (χ1v) is 5.68. The quantitative estimate of drug-likeness (QED) is 0.705. The molecule has 0 saturated carbocycles. The molecule has 0 saturated heterocycles. The summed E-state index contributed by atoms with van der Waals surface area (Å²) in [7, 11) is 0. The van der Waals surface area contributed by atoms with Gasteiger partial charge in [-0.25, -0.2) is 0 Å². The summed E-state index contributed by atoms with van der Waals surface area (Å²) in [4.78, 5) is 0. The van der Waals surface area contributed by atoms with Gasteiger partial charge in [0, 0.05) is 23.8 Å². The maximum atomic E-state index is 4.32. The molecule has 17 heavy (non-hydrogen) atoms. The van der Waals surface area contributed by atoms with Crippen LogP contribution in [0.4, 0.5) is 0 Å². The zero-order valence-electron chi connectivity index (χ0n) is 9.38. The van der Waals surface area contributed by atoms with Gasteiger partial charge in [0.05, 0.1) is 0 Å². The van der Waals surface area contributed by atoms with Crippen LogP contribution in [0.25, 0.3) is 0 Å². The summed E-state index contributed by atoms with van der Waals surface area (Å²) in [6.07, 6.45) is 2.70. The maximum Gasteiger partial charge on any atom is 0.100 e. The molecule has 2 nitrogen and oxygen atoms in total. The molecule has 2 heteroatoms. The standard InChI is InChI=1S/C15H12N2/c1-2-7-13(8-3-1)15-14-9-5-4-6-12(14)10-11-16-17-15/h1-9,11H,10H2. The van der Waals surface area contributed by atoms with E-state index in [1.807, 2.05) is 30.5 Å². The molecule has 2 aromatic rings. The van der Waals surface area contributed by atoms with E-state index in [0.29, 0.717) is 0 Å². The van der Waals surface area contributed by atoms with E-state index < -0.39 is 0 Å². The SMILES string of the molecule is C1=NN=C(c2ccccc2)c2ccccc2C1. The van der Waals surface area contributed by atoms with Crippen molar-refractivity contribution in [2.24, 2.45) is 10.2 Å². The number of fused-ring (bicyclic) bond motifs is 1. The lowest BCUT2D eigenvalue weighted by Gasteiger charge is -2.08.